The Morgan fingerprint density at radius 3 is 2.54 bits per heavy atom. The van der Waals surface area contributed by atoms with E-state index in [4.69, 9.17) is 30.6 Å². The second kappa shape index (κ2) is 14.9. The van der Waals surface area contributed by atoms with Gasteiger partial charge in [0.15, 0.2) is 11.8 Å². The van der Waals surface area contributed by atoms with Gasteiger partial charge >= 0.3 is 20.0 Å². The standard InChI is InChI=1S/C29H34BClN4O9S2/c1-15-32-19(13-45-15)21(24(36)33-22-25(37)35-23(28(39)43-30)17(11-31)14-46(40)26(22)35)34-44-20(10-29(2,3)4)27(38)42-12-16-6-8-18(41-5)9-7-16/h6-9,13,20,22,26H,10-12,14,30H2,1-5H3,(H,33,36)/b34-21-/t20-,22+,26+,46?/m0/s1. The lowest BCUT2D eigenvalue weighted by molar-refractivity contribution is -0.160. The van der Waals surface area contributed by atoms with Crippen LogP contribution in [0.4, 0.5) is 0 Å². The summed E-state index contributed by atoms with van der Waals surface area (Å²) in [5.41, 5.74) is 0.409. The predicted molar refractivity (Wildman–Crippen MR) is 173 cm³/mol. The SMILES string of the molecule is BOC(=O)C1=C(CCl)C[S+]([O-])[C@@H]2[C@H](NC(=O)/C(=N\O[C@@H](CC(C)(C)C)C(=O)OCc3ccc(OC)cc3)c3csc(C)n3)C(=O)N12. The molecule has 0 aliphatic carbocycles. The molecule has 3 heterocycles. The highest BCUT2D eigenvalue weighted by Crippen LogP contribution is 2.37. The number of hydrogen-bond acceptors (Lipinski definition) is 12. The predicted octanol–water partition coefficient (Wildman–Crippen LogP) is 1.73. The molecule has 1 fully saturated rings. The number of halogens is 1. The second-order valence-electron chi connectivity index (χ2n) is 11.7. The second-order valence-corrected chi connectivity index (χ2v) is 14.5. The van der Waals surface area contributed by atoms with Crippen LogP contribution in [0.15, 0.2) is 46.1 Å². The minimum atomic E-state index is -1.68. The molecule has 4 rings (SSSR count). The number of aromatic nitrogens is 1. The van der Waals surface area contributed by atoms with Crippen molar-refractivity contribution in [2.45, 2.75) is 58.2 Å². The van der Waals surface area contributed by atoms with Crippen LogP contribution in [0.5, 0.6) is 5.75 Å². The van der Waals surface area contributed by atoms with E-state index in [2.05, 4.69) is 15.5 Å². The monoisotopic (exact) mass is 692 g/mol. The molecule has 2 aliphatic rings. The van der Waals surface area contributed by atoms with Crippen molar-refractivity contribution in [2.75, 3.05) is 18.7 Å². The lowest BCUT2D eigenvalue weighted by Crippen LogP contribution is -2.75. The van der Waals surface area contributed by atoms with Gasteiger partial charge in [-0.15, -0.1) is 22.9 Å². The van der Waals surface area contributed by atoms with Crippen molar-refractivity contribution < 1.29 is 42.7 Å². The maximum Gasteiger partial charge on any atom is 0.350 e. The first-order valence-electron chi connectivity index (χ1n) is 14.1. The number of benzene rings is 1. The molecule has 0 radical (unpaired) electrons. The number of aryl methyl sites for hydroxylation is 1. The van der Waals surface area contributed by atoms with Gasteiger partial charge in [0.2, 0.25) is 11.5 Å². The first-order chi connectivity index (χ1) is 21.8. The Kier molecular flexibility index (Phi) is 11.4. The van der Waals surface area contributed by atoms with E-state index in [0.717, 1.165) is 18.5 Å². The van der Waals surface area contributed by atoms with Crippen molar-refractivity contribution in [3.63, 3.8) is 0 Å². The minimum Gasteiger partial charge on any atom is -0.614 e. The van der Waals surface area contributed by atoms with Crippen LogP contribution in [0.3, 0.4) is 0 Å². The van der Waals surface area contributed by atoms with Crippen LogP contribution in [-0.2, 0) is 51.2 Å². The molecule has 2 amide bonds. The first-order valence-corrected chi connectivity index (χ1v) is 16.9. The third-order valence-electron chi connectivity index (χ3n) is 6.98. The number of β-lactam (4-membered cyclic amide) rings is 1. The summed E-state index contributed by atoms with van der Waals surface area (Å²) in [6.07, 6.45) is -0.986. The van der Waals surface area contributed by atoms with Gasteiger partial charge in [-0.3, -0.25) is 14.5 Å². The Hall–Kier alpha value is -3.60. The Morgan fingerprint density at radius 1 is 1.28 bits per heavy atom. The minimum absolute atomic E-state index is 0.0264. The molecule has 246 valence electrons. The number of alkyl halides is 1. The molecule has 17 heteroatoms. The van der Waals surface area contributed by atoms with E-state index in [0.29, 0.717) is 16.3 Å². The topological polar surface area (TPSA) is 169 Å². The molecule has 2 aliphatic heterocycles. The van der Waals surface area contributed by atoms with E-state index >= 15 is 0 Å². The molecule has 0 spiro atoms. The molecule has 1 unspecified atom stereocenters. The molecular formula is C29H34BClN4O9S2. The number of ether oxygens (including phenoxy) is 2. The van der Waals surface area contributed by atoms with Gasteiger partial charge in [-0.1, -0.05) is 38.1 Å². The molecule has 4 atom stereocenters. The maximum atomic E-state index is 13.6. The number of esters is 1. The maximum absolute atomic E-state index is 13.6. The van der Waals surface area contributed by atoms with Gasteiger partial charge in [-0.25, -0.2) is 14.6 Å². The molecule has 1 N–H and O–H groups in total. The summed E-state index contributed by atoms with van der Waals surface area (Å²) in [5.74, 6) is -2.55. The Labute approximate surface area is 279 Å². The number of amides is 2. The summed E-state index contributed by atoms with van der Waals surface area (Å²) in [4.78, 5) is 63.5. The van der Waals surface area contributed by atoms with E-state index in [9.17, 15) is 23.7 Å². The zero-order valence-electron chi connectivity index (χ0n) is 26.2. The van der Waals surface area contributed by atoms with E-state index in [1.807, 2.05) is 20.8 Å². The van der Waals surface area contributed by atoms with Crippen molar-refractivity contribution in [3.05, 3.63) is 57.2 Å². The number of oxime groups is 1. The van der Waals surface area contributed by atoms with Gasteiger partial charge in [-0.2, -0.15) is 0 Å². The number of rotatable bonds is 12. The highest BCUT2D eigenvalue weighted by atomic mass is 35.5. The summed E-state index contributed by atoms with van der Waals surface area (Å²) in [6, 6.07) is 5.78. The molecular weight excluding hydrogens is 659 g/mol. The van der Waals surface area contributed by atoms with Crippen LogP contribution in [0.2, 0.25) is 0 Å². The van der Waals surface area contributed by atoms with E-state index in [1.165, 1.54) is 11.3 Å². The molecule has 0 bridgehead atoms. The fourth-order valence-corrected chi connectivity index (χ4v) is 7.35. The van der Waals surface area contributed by atoms with E-state index in [1.54, 1.807) is 43.7 Å². The van der Waals surface area contributed by atoms with Crippen molar-refractivity contribution in [3.8, 4) is 5.75 Å². The normalized spacial score (nSPS) is 20.3. The Morgan fingerprint density at radius 2 is 1.98 bits per heavy atom. The van der Waals surface area contributed by atoms with E-state index < -0.39 is 57.9 Å². The van der Waals surface area contributed by atoms with Crippen molar-refractivity contribution in [1.82, 2.24) is 15.2 Å². The number of carbonyl (C=O) groups is 4. The summed E-state index contributed by atoms with van der Waals surface area (Å²) in [5, 5.41) is 7.81. The molecule has 2 aromatic rings. The summed E-state index contributed by atoms with van der Waals surface area (Å²) in [6.45, 7) is 7.43. The molecule has 13 nitrogen and oxygen atoms in total. The fraction of sp³-hybridized carbons (Fsp3) is 0.448. The number of thiazole rings is 1. The zero-order chi connectivity index (χ0) is 33.8. The van der Waals surface area contributed by atoms with E-state index in [-0.39, 0.29) is 41.8 Å². The fourth-order valence-electron chi connectivity index (χ4n) is 4.73. The van der Waals surface area contributed by atoms with Crippen LogP contribution in [0.25, 0.3) is 0 Å². The molecule has 1 saturated heterocycles. The van der Waals surface area contributed by atoms with Crippen LogP contribution >= 0.6 is 22.9 Å². The van der Waals surface area contributed by atoms with Crippen molar-refractivity contribution >= 4 is 71.6 Å². The summed E-state index contributed by atoms with van der Waals surface area (Å²) < 4.78 is 28.6. The number of nitrogens with zero attached hydrogens (tertiary/aromatic N) is 3. The van der Waals surface area contributed by atoms with Crippen LogP contribution in [-0.4, -0.2) is 88.2 Å². The smallest absolute Gasteiger partial charge is 0.350 e. The zero-order valence-corrected chi connectivity index (χ0v) is 28.5. The Balaban J connectivity index is 1.55. The molecule has 0 saturated carbocycles. The van der Waals surface area contributed by atoms with Gasteiger partial charge in [-0.05, 0) is 41.2 Å². The highest BCUT2D eigenvalue weighted by molar-refractivity contribution is 7.92. The number of carbonyl (C=O) groups excluding carboxylic acids is 4. The Bertz CT molecular complexity index is 1540. The third kappa shape index (κ3) is 8.03. The van der Waals surface area contributed by atoms with Crippen LogP contribution in [0.1, 0.15) is 43.5 Å². The van der Waals surface area contributed by atoms with Crippen LogP contribution < -0.4 is 10.1 Å². The number of methoxy groups -OCH3 is 1. The summed E-state index contributed by atoms with van der Waals surface area (Å²) >= 11 is 5.54. The van der Waals surface area contributed by atoms with Gasteiger partial charge in [0, 0.05) is 17.4 Å². The first kappa shape index (κ1) is 35.3. The molecule has 1 aromatic carbocycles. The van der Waals surface area contributed by atoms with Gasteiger partial charge in [0.25, 0.3) is 11.8 Å². The largest absolute Gasteiger partial charge is 0.614 e. The van der Waals surface area contributed by atoms with Crippen LogP contribution in [0, 0.1) is 12.3 Å². The van der Waals surface area contributed by atoms with Crippen molar-refractivity contribution in [1.29, 1.82) is 0 Å². The van der Waals surface area contributed by atoms with Gasteiger partial charge in [0.1, 0.15) is 29.5 Å². The molecule has 46 heavy (non-hydrogen) atoms. The lowest BCUT2D eigenvalue weighted by Gasteiger charge is -2.49. The third-order valence-corrected chi connectivity index (χ3v) is 9.73. The number of hydrogen-bond donors (Lipinski definition) is 1. The molecule has 1 aromatic heterocycles. The van der Waals surface area contributed by atoms with Gasteiger partial charge < -0.3 is 28.8 Å². The summed E-state index contributed by atoms with van der Waals surface area (Å²) in [7, 11) is 2.71. The lowest BCUT2D eigenvalue weighted by atomic mass is 9.89. The quantitative estimate of drug-likeness (QED) is 0.0658. The van der Waals surface area contributed by atoms with Crippen molar-refractivity contribution in [2.24, 2.45) is 10.6 Å². The average Bonchev–Trinajstić information content (AvgIpc) is 3.46. The average molecular weight is 693 g/mol. The van der Waals surface area contributed by atoms with Gasteiger partial charge in [0.05, 0.1) is 18.0 Å². The number of fused-ring (bicyclic) bond motifs is 1. The number of nitrogens with one attached hydrogen (secondary N) is 1. The highest BCUT2D eigenvalue weighted by Gasteiger charge is 2.61.